The number of ether oxygens (including phenoxy) is 4. The maximum atomic E-state index is 12.7. The molecule has 2 heterocycles. The van der Waals surface area contributed by atoms with Crippen LogP contribution in [0.2, 0.25) is 0 Å². The fourth-order valence-electron chi connectivity index (χ4n) is 4.79. The minimum absolute atomic E-state index is 0.0693. The molecule has 2 fully saturated rings. The van der Waals surface area contributed by atoms with E-state index >= 15 is 0 Å². The van der Waals surface area contributed by atoms with Gasteiger partial charge in [-0.15, -0.1) is 0 Å². The van der Waals surface area contributed by atoms with Crippen molar-refractivity contribution in [2.45, 2.75) is 127 Å². The summed E-state index contributed by atoms with van der Waals surface area (Å²) in [6.07, 6.45) is -11.8. The average molecular weight is 597 g/mol. The summed E-state index contributed by atoms with van der Waals surface area (Å²) in [5.74, 6) is -1.17. The van der Waals surface area contributed by atoms with Crippen LogP contribution in [0.5, 0.6) is 0 Å². The third-order valence-electron chi connectivity index (χ3n) is 7.14. The van der Waals surface area contributed by atoms with Crippen LogP contribution in [0.3, 0.4) is 0 Å². The van der Waals surface area contributed by atoms with Gasteiger partial charge in [0.1, 0.15) is 36.6 Å². The third kappa shape index (κ3) is 11.3. The molecular weight excluding hydrogens is 548 g/mol. The van der Waals surface area contributed by atoms with E-state index in [0.29, 0.717) is 25.8 Å². The Labute approximate surface area is 239 Å². The van der Waals surface area contributed by atoms with Crippen molar-refractivity contribution in [3.8, 4) is 0 Å². The summed E-state index contributed by atoms with van der Waals surface area (Å²) in [5, 5.41) is 72.1. The van der Waals surface area contributed by atoms with Gasteiger partial charge in [-0.1, -0.05) is 6.42 Å². The number of carbonyl (C=O) groups is 2. The van der Waals surface area contributed by atoms with Crippen molar-refractivity contribution >= 4 is 11.9 Å². The summed E-state index contributed by atoms with van der Waals surface area (Å²) >= 11 is 0. The molecule has 240 valence electrons. The summed E-state index contributed by atoms with van der Waals surface area (Å²) in [6.45, 7) is 7.05. The Hall–Kier alpha value is -1.50. The largest absolute Gasteiger partial charge is 0.481 e. The monoisotopic (exact) mass is 596 g/mol. The lowest BCUT2D eigenvalue weighted by atomic mass is 10.00. The third-order valence-corrected chi connectivity index (χ3v) is 7.14. The van der Waals surface area contributed by atoms with Crippen molar-refractivity contribution in [2.75, 3.05) is 26.2 Å². The van der Waals surface area contributed by atoms with Gasteiger partial charge in [-0.05, 0) is 40.5 Å². The molecule has 0 spiro atoms. The molecule has 12 atom stereocenters. The van der Waals surface area contributed by atoms with Crippen molar-refractivity contribution in [3.05, 3.63) is 0 Å². The maximum absolute atomic E-state index is 12.7. The lowest BCUT2D eigenvalue weighted by Gasteiger charge is -2.41. The van der Waals surface area contributed by atoms with Crippen molar-refractivity contribution in [1.82, 2.24) is 10.2 Å². The highest BCUT2D eigenvalue weighted by atomic mass is 16.7. The molecule has 0 aromatic rings. The number of aliphatic hydroxyl groups excluding tert-OH is 6. The second kappa shape index (κ2) is 17.0. The maximum Gasteiger partial charge on any atom is 0.303 e. The Morgan fingerprint density at radius 2 is 1.22 bits per heavy atom. The quantitative estimate of drug-likeness (QED) is 0.0863. The first kappa shape index (κ1) is 35.7. The van der Waals surface area contributed by atoms with E-state index in [2.05, 4.69) is 5.32 Å². The number of amides is 1. The van der Waals surface area contributed by atoms with E-state index in [1.54, 1.807) is 18.7 Å². The first-order valence-electron chi connectivity index (χ1n) is 14.1. The number of aliphatic hydroxyl groups is 6. The normalized spacial score (nSPS) is 35.7. The number of unbranched alkanes of at least 4 members (excludes halogenated alkanes) is 2. The number of nitrogens with zero attached hydrogens (tertiary/aromatic N) is 1. The van der Waals surface area contributed by atoms with Crippen LogP contribution in [0.4, 0.5) is 0 Å². The summed E-state index contributed by atoms with van der Waals surface area (Å²) in [7, 11) is 0. The first-order chi connectivity index (χ1) is 19.2. The number of carbonyl (C=O) groups excluding carboxylic acids is 1. The highest BCUT2D eigenvalue weighted by molar-refractivity contribution is 5.78. The number of hydrogen-bond donors (Lipinski definition) is 8. The standard InChI is InChI=1S/C26H48N2O13/c1-13(38-25-23(36)21(34)19(32)15(3)40-25)10-28(12-17(29)27-9-7-5-6-8-18(30)31)11-14(2)39-26-24(37)22(35)20(33)16(4)41-26/h13-16,19-26,32-37H,5-12H2,1-4H3,(H,27,29)(H,30,31)/t13?,14?,15-,16-,19+,20+,21+,22+,23-,24-,25+,26+/m0/s1. The van der Waals surface area contributed by atoms with Crippen LogP contribution < -0.4 is 5.32 Å². The van der Waals surface area contributed by atoms with Crippen molar-refractivity contribution in [3.63, 3.8) is 0 Å². The van der Waals surface area contributed by atoms with Gasteiger partial charge >= 0.3 is 5.97 Å². The van der Waals surface area contributed by atoms with Gasteiger partial charge in [-0.3, -0.25) is 14.5 Å². The molecule has 0 radical (unpaired) electrons. The zero-order chi connectivity index (χ0) is 30.9. The molecule has 8 N–H and O–H groups in total. The van der Waals surface area contributed by atoms with Crippen LogP contribution >= 0.6 is 0 Å². The van der Waals surface area contributed by atoms with E-state index in [9.17, 15) is 40.2 Å². The Kier molecular flexibility index (Phi) is 14.8. The van der Waals surface area contributed by atoms with Gasteiger partial charge < -0.3 is 60.0 Å². The number of carboxylic acid groups (broad SMARTS) is 1. The smallest absolute Gasteiger partial charge is 0.303 e. The summed E-state index contributed by atoms with van der Waals surface area (Å²) < 4.78 is 22.6. The Morgan fingerprint density at radius 3 is 1.66 bits per heavy atom. The SMILES string of the molecule is CC(CN(CC(=O)NCCCCCC(=O)O)CC(C)O[C@@H]1O[C@@H](C)[C@@H](O)[C@@H](O)[C@@H]1O)O[C@@H]1O[C@@H](C)[C@@H](O)[C@@H](O)[C@@H]1O. The van der Waals surface area contributed by atoms with E-state index in [1.807, 2.05) is 0 Å². The van der Waals surface area contributed by atoms with Crippen LogP contribution in [0, 0.1) is 0 Å². The molecule has 2 saturated heterocycles. The van der Waals surface area contributed by atoms with Gasteiger partial charge in [0.25, 0.3) is 0 Å². The second-order valence-electron chi connectivity index (χ2n) is 11.0. The summed E-state index contributed by atoms with van der Waals surface area (Å²) in [6, 6.07) is 0. The zero-order valence-corrected chi connectivity index (χ0v) is 24.1. The molecule has 0 aromatic heterocycles. The summed E-state index contributed by atoms with van der Waals surface area (Å²) in [4.78, 5) is 25.0. The highest BCUT2D eigenvalue weighted by Crippen LogP contribution is 2.24. The fourth-order valence-corrected chi connectivity index (χ4v) is 4.79. The topological polar surface area (TPSA) is 228 Å². The van der Waals surface area contributed by atoms with Crippen molar-refractivity contribution in [1.29, 1.82) is 0 Å². The molecule has 2 aliphatic heterocycles. The molecular formula is C26H48N2O13. The Morgan fingerprint density at radius 1 is 0.756 bits per heavy atom. The molecule has 41 heavy (non-hydrogen) atoms. The average Bonchev–Trinajstić information content (AvgIpc) is 2.89. The predicted octanol–water partition coefficient (Wildman–Crippen LogP) is -2.49. The van der Waals surface area contributed by atoms with E-state index in [1.165, 1.54) is 13.8 Å². The molecule has 0 saturated carbocycles. The minimum Gasteiger partial charge on any atom is -0.481 e. The molecule has 0 aliphatic carbocycles. The van der Waals surface area contributed by atoms with Gasteiger partial charge in [0.05, 0.1) is 31.0 Å². The predicted molar refractivity (Wildman–Crippen MR) is 141 cm³/mol. The second-order valence-corrected chi connectivity index (χ2v) is 11.0. The van der Waals surface area contributed by atoms with E-state index in [0.717, 1.165) is 0 Å². The van der Waals surface area contributed by atoms with E-state index < -0.39 is 79.6 Å². The minimum atomic E-state index is -1.49. The van der Waals surface area contributed by atoms with Crippen LogP contribution in [-0.4, -0.2) is 152 Å². The van der Waals surface area contributed by atoms with Crippen LogP contribution in [0.15, 0.2) is 0 Å². The number of aliphatic carboxylic acids is 1. The van der Waals surface area contributed by atoms with Gasteiger partial charge in [0, 0.05) is 26.1 Å². The van der Waals surface area contributed by atoms with E-state index in [-0.39, 0.29) is 32.0 Å². The van der Waals surface area contributed by atoms with Crippen LogP contribution in [0.25, 0.3) is 0 Å². The zero-order valence-electron chi connectivity index (χ0n) is 24.1. The van der Waals surface area contributed by atoms with Crippen molar-refractivity contribution < 1.29 is 64.3 Å². The van der Waals surface area contributed by atoms with Gasteiger partial charge in [-0.25, -0.2) is 0 Å². The number of nitrogens with one attached hydrogen (secondary N) is 1. The number of rotatable bonds is 16. The lowest BCUT2D eigenvalue weighted by Crippen LogP contribution is -2.58. The van der Waals surface area contributed by atoms with Crippen LogP contribution in [-0.2, 0) is 28.5 Å². The Bertz CT molecular complexity index is 763. The lowest BCUT2D eigenvalue weighted by molar-refractivity contribution is -0.306. The molecule has 15 nitrogen and oxygen atoms in total. The van der Waals surface area contributed by atoms with E-state index in [4.69, 9.17) is 24.1 Å². The van der Waals surface area contributed by atoms with Gasteiger partial charge in [-0.2, -0.15) is 0 Å². The molecule has 0 bridgehead atoms. The first-order valence-corrected chi connectivity index (χ1v) is 14.1. The molecule has 2 aliphatic rings. The summed E-state index contributed by atoms with van der Waals surface area (Å²) in [5.41, 5.74) is 0. The highest BCUT2D eigenvalue weighted by Gasteiger charge is 2.44. The number of carboxylic acids is 1. The molecule has 1 amide bonds. The van der Waals surface area contributed by atoms with Crippen molar-refractivity contribution in [2.24, 2.45) is 0 Å². The molecule has 2 rings (SSSR count). The van der Waals surface area contributed by atoms with Gasteiger partial charge in [0.15, 0.2) is 12.6 Å². The van der Waals surface area contributed by atoms with Gasteiger partial charge in [0.2, 0.25) is 5.91 Å². The van der Waals surface area contributed by atoms with Crippen LogP contribution in [0.1, 0.15) is 53.4 Å². The Balaban J connectivity index is 1.97. The fraction of sp³-hybridized carbons (Fsp3) is 0.923. The molecule has 0 aromatic carbocycles. The molecule has 15 heteroatoms. The number of hydrogen-bond acceptors (Lipinski definition) is 13. The molecule has 2 unspecified atom stereocenters.